The van der Waals surface area contributed by atoms with Crippen LogP contribution in [0.1, 0.15) is 10.4 Å². The average Bonchev–Trinajstić information content (AvgIpc) is 2.27. The van der Waals surface area contributed by atoms with Gasteiger partial charge in [-0.05, 0) is 12.1 Å². The van der Waals surface area contributed by atoms with Crippen molar-refractivity contribution in [2.45, 2.75) is 5.38 Å². The van der Waals surface area contributed by atoms with E-state index in [0.717, 1.165) is 18.2 Å². The molecule has 0 aliphatic carbocycles. The van der Waals surface area contributed by atoms with Gasteiger partial charge in [0.25, 0.3) is 0 Å². The number of halogens is 2. The third-order valence-corrected chi connectivity index (χ3v) is 2.07. The fraction of sp³-hybridized carbons (Fsp3) is 0.111. The van der Waals surface area contributed by atoms with Crippen LogP contribution in [0.4, 0.5) is 10.1 Å². The van der Waals surface area contributed by atoms with E-state index in [1.54, 1.807) is 0 Å². The molecular weight excluding hydrogens is 239 g/mol. The van der Waals surface area contributed by atoms with Gasteiger partial charge in [-0.2, -0.15) is 9.65 Å². The van der Waals surface area contributed by atoms with E-state index in [1.165, 1.54) is 6.07 Å². The summed E-state index contributed by atoms with van der Waals surface area (Å²) in [5.41, 5.74) is -0.998. The molecule has 7 heteroatoms. The summed E-state index contributed by atoms with van der Waals surface area (Å²) in [5.74, 6) is -1.85. The Kier molecular flexibility index (Phi) is 3.53. The Morgan fingerprint density at radius 1 is 1.62 bits per heavy atom. The zero-order valence-corrected chi connectivity index (χ0v) is 8.44. The first-order chi connectivity index (χ1) is 7.47. The molecule has 0 fully saturated rings. The average molecular weight is 243 g/mol. The first kappa shape index (κ1) is 12.1. The summed E-state index contributed by atoms with van der Waals surface area (Å²) in [6.07, 6.45) is 0. The summed E-state index contributed by atoms with van der Waals surface area (Å²) < 4.78 is 12.9. The lowest BCUT2D eigenvalue weighted by Gasteiger charge is -2.01. The number of carbonyl (C=O) groups is 1. The quantitative estimate of drug-likeness (QED) is 0.351. The largest absolute Gasteiger partial charge is 0.305 e. The molecule has 0 saturated carbocycles. The molecule has 16 heavy (non-hydrogen) atoms. The Bertz CT molecular complexity index is 498. The second-order valence-electron chi connectivity index (χ2n) is 2.78. The van der Waals surface area contributed by atoms with E-state index in [2.05, 4.69) is 0 Å². The first-order valence-electron chi connectivity index (χ1n) is 3.99. The van der Waals surface area contributed by atoms with E-state index in [-0.39, 0.29) is 5.56 Å². The van der Waals surface area contributed by atoms with E-state index in [4.69, 9.17) is 16.9 Å². The van der Waals surface area contributed by atoms with Crippen molar-refractivity contribution < 1.29 is 14.1 Å². The molecule has 0 aliphatic rings. The standard InChI is InChI=1S/C9H4ClFN2O3/c10-6(4-12)9(14)5-1-2-7(11)8(3-5)13(15)16/h1-3,6H. The van der Waals surface area contributed by atoms with Crippen molar-refractivity contribution in [1.29, 1.82) is 5.26 Å². The summed E-state index contributed by atoms with van der Waals surface area (Å²) >= 11 is 5.35. The minimum atomic E-state index is -1.44. The molecule has 1 aromatic carbocycles. The summed E-state index contributed by atoms with van der Waals surface area (Å²) in [7, 11) is 0. The Morgan fingerprint density at radius 3 is 2.75 bits per heavy atom. The summed E-state index contributed by atoms with van der Waals surface area (Å²) in [6.45, 7) is 0. The molecule has 0 bridgehead atoms. The monoisotopic (exact) mass is 242 g/mol. The zero-order valence-electron chi connectivity index (χ0n) is 7.68. The highest BCUT2D eigenvalue weighted by Crippen LogP contribution is 2.20. The number of nitro benzene ring substituents is 1. The Morgan fingerprint density at radius 2 is 2.25 bits per heavy atom. The van der Waals surface area contributed by atoms with Gasteiger partial charge in [-0.15, -0.1) is 0 Å². The van der Waals surface area contributed by atoms with Crippen molar-refractivity contribution in [3.8, 4) is 6.07 Å². The summed E-state index contributed by atoms with van der Waals surface area (Å²) in [4.78, 5) is 20.8. The van der Waals surface area contributed by atoms with Crippen LogP contribution in [0.25, 0.3) is 0 Å². The Balaban J connectivity index is 3.19. The van der Waals surface area contributed by atoms with Gasteiger partial charge in [-0.3, -0.25) is 14.9 Å². The van der Waals surface area contributed by atoms with Crippen LogP contribution >= 0.6 is 11.6 Å². The number of carbonyl (C=O) groups excluding carboxylic acids is 1. The van der Waals surface area contributed by atoms with E-state index in [9.17, 15) is 19.3 Å². The van der Waals surface area contributed by atoms with Crippen molar-refractivity contribution in [2.24, 2.45) is 0 Å². The molecule has 0 aliphatic heterocycles. The fourth-order valence-electron chi connectivity index (χ4n) is 1.01. The predicted octanol–water partition coefficient (Wildman–Crippen LogP) is 2.05. The van der Waals surface area contributed by atoms with E-state index < -0.39 is 27.6 Å². The smallest absolute Gasteiger partial charge is 0.291 e. The molecule has 0 radical (unpaired) electrons. The highest BCUT2D eigenvalue weighted by molar-refractivity contribution is 6.35. The van der Waals surface area contributed by atoms with E-state index in [1.807, 2.05) is 0 Å². The van der Waals surface area contributed by atoms with Crippen LogP contribution in [0, 0.1) is 27.3 Å². The molecule has 1 unspecified atom stereocenters. The van der Waals surface area contributed by atoms with Crippen LogP contribution in [0.3, 0.4) is 0 Å². The molecule has 0 aromatic heterocycles. The third-order valence-electron chi connectivity index (χ3n) is 1.77. The minimum absolute atomic E-state index is 0.172. The molecule has 1 aromatic rings. The number of hydrogen-bond donors (Lipinski definition) is 0. The van der Waals surface area contributed by atoms with Crippen LogP contribution in [0.15, 0.2) is 18.2 Å². The number of nitriles is 1. The van der Waals surface area contributed by atoms with Crippen molar-refractivity contribution in [1.82, 2.24) is 0 Å². The minimum Gasteiger partial charge on any atom is -0.291 e. The topological polar surface area (TPSA) is 84.0 Å². The normalized spacial score (nSPS) is 11.6. The van der Waals surface area contributed by atoms with Gasteiger partial charge in [0.15, 0.2) is 11.2 Å². The van der Waals surface area contributed by atoms with E-state index in [0.29, 0.717) is 0 Å². The van der Waals surface area contributed by atoms with Gasteiger partial charge < -0.3 is 0 Å². The Labute approximate surface area is 94.2 Å². The molecule has 1 rings (SSSR count). The number of rotatable bonds is 3. The van der Waals surface area contributed by atoms with Gasteiger partial charge in [0.1, 0.15) is 0 Å². The second kappa shape index (κ2) is 4.68. The van der Waals surface area contributed by atoms with Crippen molar-refractivity contribution in [3.63, 3.8) is 0 Å². The molecule has 0 N–H and O–H groups in total. The number of nitrogens with zero attached hydrogens (tertiary/aromatic N) is 2. The number of hydrogen-bond acceptors (Lipinski definition) is 4. The molecule has 5 nitrogen and oxygen atoms in total. The van der Waals surface area contributed by atoms with Crippen LogP contribution in [0.2, 0.25) is 0 Å². The SMILES string of the molecule is N#CC(Cl)C(=O)c1ccc(F)c([N+](=O)[O-])c1. The van der Waals surface area contributed by atoms with Crippen molar-refractivity contribution in [2.75, 3.05) is 0 Å². The second-order valence-corrected chi connectivity index (χ2v) is 3.22. The molecule has 0 amide bonds. The number of ketones is 1. The molecule has 0 saturated heterocycles. The highest BCUT2D eigenvalue weighted by Gasteiger charge is 2.21. The van der Waals surface area contributed by atoms with Gasteiger partial charge >= 0.3 is 5.69 Å². The first-order valence-corrected chi connectivity index (χ1v) is 4.43. The zero-order chi connectivity index (χ0) is 12.3. The van der Waals surface area contributed by atoms with Gasteiger partial charge in [-0.25, -0.2) is 0 Å². The lowest BCUT2D eigenvalue weighted by Crippen LogP contribution is -2.12. The maximum Gasteiger partial charge on any atom is 0.305 e. The van der Waals surface area contributed by atoms with Gasteiger partial charge in [0.05, 0.1) is 11.0 Å². The summed E-state index contributed by atoms with van der Waals surface area (Å²) in [6, 6.07) is 4.06. The van der Waals surface area contributed by atoms with Crippen molar-refractivity contribution in [3.05, 3.63) is 39.7 Å². The van der Waals surface area contributed by atoms with Gasteiger partial charge in [-0.1, -0.05) is 11.6 Å². The Hall–Kier alpha value is -2.00. The lowest BCUT2D eigenvalue weighted by atomic mass is 10.1. The molecule has 1 atom stereocenters. The number of alkyl halides is 1. The maximum atomic E-state index is 12.9. The fourth-order valence-corrected chi connectivity index (χ4v) is 1.14. The van der Waals surface area contributed by atoms with Crippen LogP contribution in [-0.4, -0.2) is 16.1 Å². The lowest BCUT2D eigenvalue weighted by molar-refractivity contribution is -0.387. The summed E-state index contributed by atoms with van der Waals surface area (Å²) in [5, 5.41) is 17.3. The third kappa shape index (κ3) is 2.32. The maximum absolute atomic E-state index is 12.9. The highest BCUT2D eigenvalue weighted by atomic mass is 35.5. The molecule has 0 heterocycles. The molecular formula is C9H4ClFN2O3. The predicted molar refractivity (Wildman–Crippen MR) is 52.6 cm³/mol. The van der Waals surface area contributed by atoms with Crippen molar-refractivity contribution >= 4 is 23.1 Å². The van der Waals surface area contributed by atoms with Gasteiger partial charge in [0, 0.05) is 11.6 Å². The molecule has 0 spiro atoms. The van der Waals surface area contributed by atoms with E-state index >= 15 is 0 Å². The van der Waals surface area contributed by atoms with Crippen LogP contribution in [0.5, 0.6) is 0 Å². The van der Waals surface area contributed by atoms with Gasteiger partial charge in [0.2, 0.25) is 5.82 Å². The number of Topliss-reactive ketones (excluding diaryl/α,β-unsaturated/α-hetero) is 1. The number of benzene rings is 1. The molecule has 82 valence electrons. The number of nitro groups is 1. The van der Waals surface area contributed by atoms with Crippen LogP contribution in [-0.2, 0) is 0 Å². The van der Waals surface area contributed by atoms with Crippen LogP contribution < -0.4 is 0 Å².